The van der Waals surface area contributed by atoms with E-state index in [1.54, 1.807) is 18.4 Å². The molecular formula is C17H17NOS. The minimum Gasteiger partial charge on any atom is -0.497 e. The first-order chi connectivity index (χ1) is 9.80. The highest BCUT2D eigenvalue weighted by molar-refractivity contribution is 7.09. The topological polar surface area (TPSA) is 22.1 Å². The van der Waals surface area contributed by atoms with Crippen LogP contribution in [0.4, 0.5) is 0 Å². The average molecular weight is 283 g/mol. The standard InChI is InChI=1S/C17H17NOS/c1-3-14-11-20-17(18-14)9-13-6-4-5-12-7-8-15(19-2)10-16(12)13/h4-8,10-11H,3,9H2,1-2H3. The summed E-state index contributed by atoms with van der Waals surface area (Å²) in [6, 6.07) is 12.6. The first kappa shape index (κ1) is 13.1. The molecule has 20 heavy (non-hydrogen) atoms. The Labute approximate surface area is 123 Å². The minimum atomic E-state index is 0.884. The number of hydrogen-bond donors (Lipinski definition) is 0. The second kappa shape index (κ2) is 5.63. The van der Waals surface area contributed by atoms with E-state index in [2.05, 4.69) is 47.6 Å². The van der Waals surface area contributed by atoms with Crippen molar-refractivity contribution in [3.63, 3.8) is 0 Å². The van der Waals surface area contributed by atoms with Gasteiger partial charge in [-0.1, -0.05) is 31.2 Å². The van der Waals surface area contributed by atoms with Crippen LogP contribution < -0.4 is 4.74 Å². The van der Waals surface area contributed by atoms with Crippen molar-refractivity contribution in [1.82, 2.24) is 4.98 Å². The summed E-state index contributed by atoms with van der Waals surface area (Å²) in [5.41, 5.74) is 2.49. The summed E-state index contributed by atoms with van der Waals surface area (Å²) in [5.74, 6) is 0.901. The number of hydrogen-bond acceptors (Lipinski definition) is 3. The molecule has 0 fully saturated rings. The smallest absolute Gasteiger partial charge is 0.119 e. The van der Waals surface area contributed by atoms with E-state index in [9.17, 15) is 0 Å². The lowest BCUT2D eigenvalue weighted by molar-refractivity contribution is 0.415. The van der Waals surface area contributed by atoms with Gasteiger partial charge in [-0.2, -0.15) is 0 Å². The average Bonchev–Trinajstić information content (AvgIpc) is 2.95. The van der Waals surface area contributed by atoms with Crippen LogP contribution in [-0.2, 0) is 12.8 Å². The second-order valence-electron chi connectivity index (χ2n) is 4.77. The Morgan fingerprint density at radius 3 is 2.85 bits per heavy atom. The van der Waals surface area contributed by atoms with Crippen LogP contribution in [0.1, 0.15) is 23.2 Å². The van der Waals surface area contributed by atoms with Crippen molar-refractivity contribution in [2.75, 3.05) is 7.11 Å². The van der Waals surface area contributed by atoms with E-state index in [1.807, 2.05) is 6.07 Å². The highest BCUT2D eigenvalue weighted by Crippen LogP contribution is 2.26. The number of rotatable bonds is 4. The normalized spacial score (nSPS) is 10.9. The molecule has 2 nitrogen and oxygen atoms in total. The number of nitrogens with zero attached hydrogens (tertiary/aromatic N) is 1. The molecular weight excluding hydrogens is 266 g/mol. The Hall–Kier alpha value is -1.87. The molecule has 1 aromatic heterocycles. The molecule has 0 aliphatic rings. The maximum Gasteiger partial charge on any atom is 0.119 e. The van der Waals surface area contributed by atoms with E-state index in [-0.39, 0.29) is 0 Å². The molecule has 0 bridgehead atoms. The third-order valence-electron chi connectivity index (χ3n) is 3.48. The van der Waals surface area contributed by atoms with Gasteiger partial charge in [0.05, 0.1) is 17.8 Å². The first-order valence-corrected chi connectivity index (χ1v) is 7.67. The number of thiazole rings is 1. The third kappa shape index (κ3) is 2.54. The lowest BCUT2D eigenvalue weighted by Gasteiger charge is -2.07. The van der Waals surface area contributed by atoms with Gasteiger partial charge >= 0.3 is 0 Å². The molecule has 0 amide bonds. The molecule has 1 heterocycles. The van der Waals surface area contributed by atoms with E-state index in [0.717, 1.165) is 18.6 Å². The third-order valence-corrected chi connectivity index (χ3v) is 4.38. The van der Waals surface area contributed by atoms with Gasteiger partial charge in [0.25, 0.3) is 0 Å². The lowest BCUT2D eigenvalue weighted by Crippen LogP contribution is -1.91. The molecule has 0 spiro atoms. The molecule has 0 atom stereocenters. The predicted octanol–water partition coefficient (Wildman–Crippen LogP) is 4.46. The Morgan fingerprint density at radius 2 is 2.10 bits per heavy atom. The van der Waals surface area contributed by atoms with Crippen LogP contribution in [0, 0.1) is 0 Å². The largest absolute Gasteiger partial charge is 0.497 e. The molecule has 3 rings (SSSR count). The fraction of sp³-hybridized carbons (Fsp3) is 0.235. The number of fused-ring (bicyclic) bond motifs is 1. The van der Waals surface area contributed by atoms with E-state index < -0.39 is 0 Å². The Balaban J connectivity index is 2.01. The van der Waals surface area contributed by atoms with Crippen molar-refractivity contribution in [3.8, 4) is 5.75 Å². The monoisotopic (exact) mass is 283 g/mol. The fourth-order valence-corrected chi connectivity index (χ4v) is 3.25. The zero-order valence-electron chi connectivity index (χ0n) is 11.7. The van der Waals surface area contributed by atoms with Crippen molar-refractivity contribution in [2.24, 2.45) is 0 Å². The van der Waals surface area contributed by atoms with E-state index in [4.69, 9.17) is 4.74 Å². The molecule has 0 saturated heterocycles. The molecule has 0 aliphatic heterocycles. The molecule has 102 valence electrons. The maximum atomic E-state index is 5.34. The molecule has 0 aliphatic carbocycles. The van der Waals surface area contributed by atoms with Gasteiger partial charge in [0.2, 0.25) is 0 Å². The minimum absolute atomic E-state index is 0.884. The molecule has 3 heteroatoms. The molecule has 0 unspecified atom stereocenters. The van der Waals surface area contributed by atoms with Gasteiger partial charge in [-0.25, -0.2) is 4.98 Å². The molecule has 0 N–H and O–H groups in total. The van der Waals surface area contributed by atoms with Gasteiger partial charge in [-0.15, -0.1) is 11.3 Å². The van der Waals surface area contributed by atoms with Crippen molar-refractivity contribution < 1.29 is 4.74 Å². The summed E-state index contributed by atoms with van der Waals surface area (Å²) in [6.45, 7) is 2.14. The van der Waals surface area contributed by atoms with Crippen LogP contribution >= 0.6 is 11.3 Å². The number of methoxy groups -OCH3 is 1. The van der Waals surface area contributed by atoms with Crippen LogP contribution in [0.2, 0.25) is 0 Å². The Kier molecular flexibility index (Phi) is 3.70. The molecule has 0 saturated carbocycles. The summed E-state index contributed by atoms with van der Waals surface area (Å²) < 4.78 is 5.34. The lowest BCUT2D eigenvalue weighted by atomic mass is 10.0. The zero-order chi connectivity index (χ0) is 13.9. The van der Waals surface area contributed by atoms with Crippen molar-refractivity contribution in [1.29, 1.82) is 0 Å². The van der Waals surface area contributed by atoms with Crippen molar-refractivity contribution >= 4 is 22.1 Å². The molecule has 2 aromatic carbocycles. The Morgan fingerprint density at radius 1 is 1.20 bits per heavy atom. The summed E-state index contributed by atoms with van der Waals surface area (Å²) in [7, 11) is 1.71. The predicted molar refractivity (Wildman–Crippen MR) is 84.8 cm³/mol. The summed E-state index contributed by atoms with van der Waals surface area (Å²) >= 11 is 1.75. The molecule has 0 radical (unpaired) electrons. The van der Waals surface area contributed by atoms with Crippen LogP contribution in [0.5, 0.6) is 5.75 Å². The number of aromatic nitrogens is 1. The second-order valence-corrected chi connectivity index (χ2v) is 5.71. The SMILES string of the molecule is CCc1csc(Cc2cccc3ccc(OC)cc23)n1. The number of benzene rings is 2. The Bertz CT molecular complexity index is 733. The van der Waals surface area contributed by atoms with Gasteiger partial charge < -0.3 is 4.74 Å². The van der Waals surface area contributed by atoms with Gasteiger partial charge in [0.1, 0.15) is 5.75 Å². The van der Waals surface area contributed by atoms with E-state index in [0.29, 0.717) is 0 Å². The van der Waals surface area contributed by atoms with Crippen LogP contribution in [0.25, 0.3) is 10.8 Å². The van der Waals surface area contributed by atoms with Gasteiger partial charge in [0, 0.05) is 11.8 Å². The zero-order valence-corrected chi connectivity index (χ0v) is 12.5. The quantitative estimate of drug-likeness (QED) is 0.705. The first-order valence-electron chi connectivity index (χ1n) is 6.79. The highest BCUT2D eigenvalue weighted by atomic mass is 32.1. The van der Waals surface area contributed by atoms with Gasteiger partial charge in [-0.05, 0) is 34.9 Å². The van der Waals surface area contributed by atoms with E-state index >= 15 is 0 Å². The fourth-order valence-electron chi connectivity index (χ4n) is 2.35. The van der Waals surface area contributed by atoms with Crippen molar-refractivity contribution in [2.45, 2.75) is 19.8 Å². The summed E-state index contributed by atoms with van der Waals surface area (Å²) in [5, 5.41) is 5.83. The van der Waals surface area contributed by atoms with Crippen molar-refractivity contribution in [3.05, 3.63) is 58.0 Å². The van der Waals surface area contributed by atoms with E-state index in [1.165, 1.54) is 27.0 Å². The van der Waals surface area contributed by atoms with Crippen LogP contribution in [0.3, 0.4) is 0 Å². The summed E-state index contributed by atoms with van der Waals surface area (Å²) in [4.78, 5) is 4.66. The number of ether oxygens (including phenoxy) is 1. The highest BCUT2D eigenvalue weighted by Gasteiger charge is 2.06. The van der Waals surface area contributed by atoms with Crippen LogP contribution in [-0.4, -0.2) is 12.1 Å². The number of aryl methyl sites for hydroxylation is 1. The maximum absolute atomic E-state index is 5.34. The van der Waals surface area contributed by atoms with Gasteiger partial charge in [0.15, 0.2) is 0 Å². The molecule has 3 aromatic rings. The summed E-state index contributed by atoms with van der Waals surface area (Å²) in [6.07, 6.45) is 1.88. The van der Waals surface area contributed by atoms with Crippen LogP contribution in [0.15, 0.2) is 41.8 Å². The van der Waals surface area contributed by atoms with Gasteiger partial charge in [-0.3, -0.25) is 0 Å².